The zero-order chi connectivity index (χ0) is 9.52. The van der Waals surface area contributed by atoms with Crippen LogP contribution in [0.1, 0.15) is 26.2 Å². The highest BCUT2D eigenvalue weighted by molar-refractivity contribution is 4.76. The van der Waals surface area contributed by atoms with Crippen LogP contribution in [-0.2, 0) is 0 Å². The monoisotopic (exact) mass is 186 g/mol. The minimum absolute atomic E-state index is 0.328. The fraction of sp³-hybridized carbons (Fsp3) is 1.00. The largest absolute Gasteiger partial charge is 0.396 e. The van der Waals surface area contributed by atoms with Crippen molar-refractivity contribution >= 4 is 0 Å². The molecule has 0 spiro atoms. The van der Waals surface area contributed by atoms with E-state index in [4.69, 9.17) is 5.11 Å². The van der Waals surface area contributed by atoms with Gasteiger partial charge in [0.2, 0.25) is 0 Å². The summed E-state index contributed by atoms with van der Waals surface area (Å²) in [6.45, 7) is 7.04. The molecule has 0 saturated carbocycles. The van der Waals surface area contributed by atoms with Crippen molar-refractivity contribution in [1.29, 1.82) is 0 Å². The molecule has 0 amide bonds. The van der Waals surface area contributed by atoms with E-state index < -0.39 is 0 Å². The summed E-state index contributed by atoms with van der Waals surface area (Å²) in [4.78, 5) is 2.51. The second-order valence-electron chi connectivity index (χ2n) is 3.74. The fourth-order valence-corrected chi connectivity index (χ4v) is 2.04. The third-order valence-electron chi connectivity index (χ3n) is 2.75. The van der Waals surface area contributed by atoms with Crippen molar-refractivity contribution in [2.75, 3.05) is 32.8 Å². The van der Waals surface area contributed by atoms with E-state index in [2.05, 4.69) is 17.1 Å². The third-order valence-corrected chi connectivity index (χ3v) is 2.75. The molecule has 2 N–H and O–H groups in total. The Morgan fingerprint density at radius 3 is 2.54 bits per heavy atom. The highest BCUT2D eigenvalue weighted by Crippen LogP contribution is 2.11. The second-order valence-corrected chi connectivity index (χ2v) is 3.74. The normalized spacial score (nSPS) is 21.7. The number of hydrogen-bond acceptors (Lipinski definition) is 3. The van der Waals surface area contributed by atoms with Crippen LogP contribution in [-0.4, -0.2) is 48.8 Å². The Morgan fingerprint density at radius 2 is 2.00 bits per heavy atom. The summed E-state index contributed by atoms with van der Waals surface area (Å²) in [5, 5.41) is 12.3. The molecule has 1 heterocycles. The van der Waals surface area contributed by atoms with Crippen LogP contribution in [0.5, 0.6) is 0 Å². The van der Waals surface area contributed by atoms with E-state index in [9.17, 15) is 0 Å². The SMILES string of the molecule is CCCC(CCO)N1CCNCC1. The van der Waals surface area contributed by atoms with Gasteiger partial charge in [-0.1, -0.05) is 13.3 Å². The highest BCUT2D eigenvalue weighted by Gasteiger charge is 2.18. The van der Waals surface area contributed by atoms with Gasteiger partial charge in [-0.2, -0.15) is 0 Å². The van der Waals surface area contributed by atoms with E-state index in [1.807, 2.05) is 0 Å². The average Bonchev–Trinajstić information content (AvgIpc) is 2.19. The molecule has 3 nitrogen and oxygen atoms in total. The van der Waals surface area contributed by atoms with Gasteiger partial charge in [-0.15, -0.1) is 0 Å². The van der Waals surface area contributed by atoms with Crippen LogP contribution in [0.15, 0.2) is 0 Å². The van der Waals surface area contributed by atoms with Crippen LogP contribution < -0.4 is 5.32 Å². The van der Waals surface area contributed by atoms with Crippen molar-refractivity contribution in [3.63, 3.8) is 0 Å². The summed E-state index contributed by atoms with van der Waals surface area (Å²) in [5.74, 6) is 0. The van der Waals surface area contributed by atoms with E-state index in [1.165, 1.54) is 12.8 Å². The van der Waals surface area contributed by atoms with Gasteiger partial charge in [0.1, 0.15) is 0 Å². The summed E-state index contributed by atoms with van der Waals surface area (Å²) in [7, 11) is 0. The molecule has 1 aliphatic heterocycles. The first-order chi connectivity index (χ1) is 6.38. The molecule has 78 valence electrons. The Morgan fingerprint density at radius 1 is 1.31 bits per heavy atom. The van der Waals surface area contributed by atoms with Gasteiger partial charge in [0.25, 0.3) is 0 Å². The van der Waals surface area contributed by atoms with Crippen molar-refractivity contribution in [2.45, 2.75) is 32.2 Å². The van der Waals surface area contributed by atoms with E-state index in [1.54, 1.807) is 0 Å². The molecule has 1 atom stereocenters. The first kappa shape index (κ1) is 11.0. The molecule has 0 aromatic heterocycles. The van der Waals surface area contributed by atoms with Gasteiger partial charge < -0.3 is 10.4 Å². The van der Waals surface area contributed by atoms with Crippen molar-refractivity contribution in [3.8, 4) is 0 Å². The predicted octanol–water partition coefficient (Wildman–Crippen LogP) is 0.443. The minimum atomic E-state index is 0.328. The number of nitrogens with zero attached hydrogens (tertiary/aromatic N) is 1. The van der Waals surface area contributed by atoms with Crippen LogP contribution in [0, 0.1) is 0 Å². The Labute approximate surface area is 81.1 Å². The average molecular weight is 186 g/mol. The van der Waals surface area contributed by atoms with Gasteiger partial charge in [-0.05, 0) is 12.8 Å². The second kappa shape index (κ2) is 6.35. The maximum Gasteiger partial charge on any atom is 0.0445 e. The van der Waals surface area contributed by atoms with Gasteiger partial charge in [0.05, 0.1) is 0 Å². The molecule has 0 aromatic carbocycles. The summed E-state index contributed by atoms with van der Waals surface area (Å²) in [5.41, 5.74) is 0. The molecule has 0 bridgehead atoms. The summed E-state index contributed by atoms with van der Waals surface area (Å²) in [6, 6.07) is 0.608. The minimum Gasteiger partial charge on any atom is -0.396 e. The molecule has 1 saturated heterocycles. The summed E-state index contributed by atoms with van der Waals surface area (Å²) < 4.78 is 0. The van der Waals surface area contributed by atoms with Crippen molar-refractivity contribution in [3.05, 3.63) is 0 Å². The maximum atomic E-state index is 8.95. The highest BCUT2D eigenvalue weighted by atomic mass is 16.3. The first-order valence-corrected chi connectivity index (χ1v) is 5.44. The van der Waals surface area contributed by atoms with Gasteiger partial charge in [0.15, 0.2) is 0 Å². The number of nitrogens with one attached hydrogen (secondary N) is 1. The number of rotatable bonds is 5. The lowest BCUT2D eigenvalue weighted by atomic mass is 10.1. The van der Waals surface area contributed by atoms with Crippen LogP contribution in [0.4, 0.5) is 0 Å². The van der Waals surface area contributed by atoms with Crippen molar-refractivity contribution < 1.29 is 5.11 Å². The lowest BCUT2D eigenvalue weighted by Gasteiger charge is -2.34. The third kappa shape index (κ3) is 3.63. The lowest BCUT2D eigenvalue weighted by molar-refractivity contribution is 0.133. The smallest absolute Gasteiger partial charge is 0.0445 e. The molecule has 13 heavy (non-hydrogen) atoms. The summed E-state index contributed by atoms with van der Waals surface area (Å²) in [6.07, 6.45) is 3.38. The van der Waals surface area contributed by atoms with Gasteiger partial charge >= 0.3 is 0 Å². The lowest BCUT2D eigenvalue weighted by Crippen LogP contribution is -2.48. The molecular weight excluding hydrogens is 164 g/mol. The van der Waals surface area contributed by atoms with Gasteiger partial charge in [0, 0.05) is 38.8 Å². The molecule has 1 unspecified atom stereocenters. The first-order valence-electron chi connectivity index (χ1n) is 5.44. The quantitative estimate of drug-likeness (QED) is 0.654. The van der Waals surface area contributed by atoms with Crippen molar-refractivity contribution in [1.82, 2.24) is 10.2 Å². The summed E-state index contributed by atoms with van der Waals surface area (Å²) >= 11 is 0. The van der Waals surface area contributed by atoms with Crippen LogP contribution in [0.3, 0.4) is 0 Å². The Kier molecular flexibility index (Phi) is 5.35. The van der Waals surface area contributed by atoms with Crippen LogP contribution >= 0.6 is 0 Å². The van der Waals surface area contributed by atoms with E-state index in [0.29, 0.717) is 12.6 Å². The standard InChI is InChI=1S/C10H22N2O/c1-2-3-10(4-9-13)12-7-5-11-6-8-12/h10-11,13H,2-9H2,1H3. The fourth-order valence-electron chi connectivity index (χ4n) is 2.04. The molecule has 1 aliphatic rings. The predicted molar refractivity (Wildman–Crippen MR) is 54.8 cm³/mol. The molecule has 0 aliphatic carbocycles. The Hall–Kier alpha value is -0.120. The molecule has 1 fully saturated rings. The number of piperazine rings is 1. The molecule has 1 rings (SSSR count). The van der Waals surface area contributed by atoms with E-state index >= 15 is 0 Å². The zero-order valence-corrected chi connectivity index (χ0v) is 8.63. The molecule has 0 aromatic rings. The van der Waals surface area contributed by atoms with Crippen LogP contribution in [0.2, 0.25) is 0 Å². The van der Waals surface area contributed by atoms with E-state index in [0.717, 1.165) is 32.6 Å². The topological polar surface area (TPSA) is 35.5 Å². The molecule has 3 heteroatoms. The van der Waals surface area contributed by atoms with E-state index in [-0.39, 0.29) is 0 Å². The Balaban J connectivity index is 2.32. The number of aliphatic hydroxyl groups is 1. The number of aliphatic hydroxyl groups excluding tert-OH is 1. The van der Waals surface area contributed by atoms with Crippen LogP contribution in [0.25, 0.3) is 0 Å². The molecular formula is C10H22N2O. The molecule has 0 radical (unpaired) electrons. The maximum absolute atomic E-state index is 8.95. The number of hydrogen-bond donors (Lipinski definition) is 2. The zero-order valence-electron chi connectivity index (χ0n) is 8.63. The van der Waals surface area contributed by atoms with Gasteiger partial charge in [-0.3, -0.25) is 4.90 Å². The Bertz CT molecular complexity index is 118. The van der Waals surface area contributed by atoms with Crippen molar-refractivity contribution in [2.24, 2.45) is 0 Å². The van der Waals surface area contributed by atoms with Gasteiger partial charge in [-0.25, -0.2) is 0 Å².